The van der Waals surface area contributed by atoms with E-state index in [0.717, 1.165) is 5.56 Å². The van der Waals surface area contributed by atoms with Gasteiger partial charge in [0, 0.05) is 30.8 Å². The Balaban J connectivity index is 1.83. The summed E-state index contributed by atoms with van der Waals surface area (Å²) in [6.07, 6.45) is 3.27. The van der Waals surface area contributed by atoms with Gasteiger partial charge in [-0.05, 0) is 11.6 Å². The molecule has 142 valence electrons. The van der Waals surface area contributed by atoms with Gasteiger partial charge in [0.2, 0.25) is 0 Å². The van der Waals surface area contributed by atoms with Gasteiger partial charge in [-0.25, -0.2) is 23.4 Å². The molecule has 1 saturated heterocycles. The molecule has 4 rings (SSSR count). The summed E-state index contributed by atoms with van der Waals surface area (Å²) < 4.78 is 29.2. The lowest BCUT2D eigenvalue weighted by Gasteiger charge is -2.22. The highest BCUT2D eigenvalue weighted by molar-refractivity contribution is 5.83. The summed E-state index contributed by atoms with van der Waals surface area (Å²) in [5.41, 5.74) is 1.61. The van der Waals surface area contributed by atoms with E-state index in [-0.39, 0.29) is 24.9 Å². The second-order valence-electron chi connectivity index (χ2n) is 7.93. The van der Waals surface area contributed by atoms with Crippen LogP contribution in [0, 0.1) is 0 Å². The van der Waals surface area contributed by atoms with Crippen molar-refractivity contribution < 1.29 is 8.78 Å². The predicted molar refractivity (Wildman–Crippen MR) is 96.9 cm³/mol. The number of alkyl halides is 2. The van der Waals surface area contributed by atoms with Crippen LogP contribution in [0.1, 0.15) is 38.6 Å². The van der Waals surface area contributed by atoms with E-state index in [2.05, 4.69) is 25.3 Å². The van der Waals surface area contributed by atoms with Crippen LogP contribution in [0.25, 0.3) is 11.2 Å². The molecular weight excluding hydrogens is 352 g/mol. The zero-order valence-corrected chi connectivity index (χ0v) is 15.5. The molecule has 0 N–H and O–H groups in total. The third kappa shape index (κ3) is 3.45. The number of hydrogen-bond acceptors (Lipinski definition) is 6. The lowest BCUT2D eigenvalue weighted by atomic mass is 9.96. The Hall–Kier alpha value is -2.71. The molecule has 9 heteroatoms. The zero-order chi connectivity index (χ0) is 19.2. The van der Waals surface area contributed by atoms with Crippen molar-refractivity contribution in [2.24, 2.45) is 0 Å². The van der Waals surface area contributed by atoms with E-state index >= 15 is 0 Å². The van der Waals surface area contributed by atoms with Crippen molar-refractivity contribution in [2.45, 2.75) is 45.1 Å². The standard InChI is InChI=1S/C18H21F2N7/c1-17(2,3)16-22-14(26-8-6-18(19,20)11-26)13-15(23-16)27(25-24-13)10-12-5-4-7-21-9-12/h4-5,7,9H,6,8,10-11H2,1-3H3. The van der Waals surface area contributed by atoms with E-state index in [0.29, 0.717) is 29.4 Å². The molecule has 27 heavy (non-hydrogen) atoms. The lowest BCUT2D eigenvalue weighted by molar-refractivity contribution is 0.0257. The Morgan fingerprint density at radius 1 is 1.22 bits per heavy atom. The molecule has 3 aromatic rings. The van der Waals surface area contributed by atoms with Crippen LogP contribution in [0.15, 0.2) is 24.5 Å². The van der Waals surface area contributed by atoms with E-state index in [4.69, 9.17) is 0 Å². The van der Waals surface area contributed by atoms with Crippen molar-refractivity contribution in [3.63, 3.8) is 0 Å². The number of fused-ring (bicyclic) bond motifs is 1. The van der Waals surface area contributed by atoms with Crippen LogP contribution in [-0.2, 0) is 12.0 Å². The van der Waals surface area contributed by atoms with Crippen LogP contribution in [-0.4, -0.2) is 49.0 Å². The normalized spacial score (nSPS) is 17.0. The van der Waals surface area contributed by atoms with Gasteiger partial charge in [0.1, 0.15) is 5.82 Å². The first kappa shape index (κ1) is 17.7. The number of aromatic nitrogens is 6. The molecule has 0 aromatic carbocycles. The zero-order valence-electron chi connectivity index (χ0n) is 15.5. The number of anilines is 1. The van der Waals surface area contributed by atoms with Gasteiger partial charge in [-0.15, -0.1) is 5.10 Å². The summed E-state index contributed by atoms with van der Waals surface area (Å²) >= 11 is 0. The molecule has 0 spiro atoms. The minimum Gasteiger partial charge on any atom is -0.348 e. The van der Waals surface area contributed by atoms with E-state index in [1.165, 1.54) is 0 Å². The van der Waals surface area contributed by atoms with Gasteiger partial charge in [0.05, 0.1) is 13.1 Å². The Labute approximate surface area is 155 Å². The van der Waals surface area contributed by atoms with Crippen LogP contribution in [0.2, 0.25) is 0 Å². The molecule has 0 atom stereocenters. The molecule has 1 aliphatic rings. The molecular formula is C18H21F2N7. The second-order valence-corrected chi connectivity index (χ2v) is 7.93. The molecule has 0 radical (unpaired) electrons. The summed E-state index contributed by atoms with van der Waals surface area (Å²) in [5.74, 6) is -1.71. The first-order chi connectivity index (χ1) is 12.7. The first-order valence-corrected chi connectivity index (χ1v) is 8.86. The van der Waals surface area contributed by atoms with E-state index in [1.54, 1.807) is 22.0 Å². The molecule has 0 amide bonds. The van der Waals surface area contributed by atoms with Crippen molar-refractivity contribution in [3.8, 4) is 0 Å². The number of halogens is 2. The summed E-state index contributed by atoms with van der Waals surface area (Å²) in [6, 6.07) is 3.79. The van der Waals surface area contributed by atoms with Gasteiger partial charge in [0.15, 0.2) is 17.0 Å². The van der Waals surface area contributed by atoms with Crippen LogP contribution < -0.4 is 4.90 Å². The Bertz CT molecular complexity index is 963. The largest absolute Gasteiger partial charge is 0.348 e. The van der Waals surface area contributed by atoms with E-state index < -0.39 is 5.92 Å². The van der Waals surface area contributed by atoms with Gasteiger partial charge in [0.25, 0.3) is 5.92 Å². The monoisotopic (exact) mass is 373 g/mol. The fourth-order valence-corrected chi connectivity index (χ4v) is 3.09. The molecule has 1 fully saturated rings. The SMILES string of the molecule is CC(C)(C)c1nc(N2CCC(F)(F)C2)c2nnn(Cc3cccnc3)c2n1. The third-order valence-corrected chi connectivity index (χ3v) is 4.54. The van der Waals surface area contributed by atoms with Crippen molar-refractivity contribution in [1.29, 1.82) is 0 Å². The maximum absolute atomic E-state index is 13.8. The average molecular weight is 373 g/mol. The maximum Gasteiger partial charge on any atom is 0.266 e. The first-order valence-electron chi connectivity index (χ1n) is 8.86. The maximum atomic E-state index is 13.8. The molecule has 0 saturated carbocycles. The van der Waals surface area contributed by atoms with Gasteiger partial charge in [-0.3, -0.25) is 4.98 Å². The van der Waals surface area contributed by atoms with Crippen LogP contribution in [0.3, 0.4) is 0 Å². The van der Waals surface area contributed by atoms with E-state index in [9.17, 15) is 8.78 Å². The second kappa shape index (κ2) is 6.17. The Morgan fingerprint density at radius 2 is 2.04 bits per heavy atom. The number of hydrogen-bond donors (Lipinski definition) is 0. The molecule has 4 heterocycles. The Morgan fingerprint density at radius 3 is 2.67 bits per heavy atom. The topological polar surface area (TPSA) is 72.6 Å². The number of pyridine rings is 1. The van der Waals surface area contributed by atoms with Gasteiger partial charge < -0.3 is 4.90 Å². The van der Waals surface area contributed by atoms with Crippen LogP contribution in [0.4, 0.5) is 14.6 Å². The average Bonchev–Trinajstić information content (AvgIpc) is 3.17. The summed E-state index contributed by atoms with van der Waals surface area (Å²) in [7, 11) is 0. The lowest BCUT2D eigenvalue weighted by Crippen LogP contribution is -2.27. The molecule has 7 nitrogen and oxygen atoms in total. The quantitative estimate of drug-likeness (QED) is 0.703. The molecule has 0 aliphatic carbocycles. The molecule has 3 aromatic heterocycles. The highest BCUT2D eigenvalue weighted by atomic mass is 19.3. The smallest absolute Gasteiger partial charge is 0.266 e. The number of rotatable bonds is 3. The van der Waals surface area contributed by atoms with Gasteiger partial charge >= 0.3 is 0 Å². The third-order valence-electron chi connectivity index (χ3n) is 4.54. The molecule has 1 aliphatic heterocycles. The Kier molecular flexibility index (Phi) is 4.05. The van der Waals surface area contributed by atoms with Crippen molar-refractivity contribution in [1.82, 2.24) is 29.9 Å². The molecule has 0 bridgehead atoms. The predicted octanol–water partition coefficient (Wildman–Crippen LogP) is 2.81. The summed E-state index contributed by atoms with van der Waals surface area (Å²) in [6.45, 7) is 6.29. The fraction of sp³-hybridized carbons (Fsp3) is 0.500. The minimum atomic E-state index is -2.72. The van der Waals surface area contributed by atoms with Crippen molar-refractivity contribution in [2.75, 3.05) is 18.0 Å². The summed E-state index contributed by atoms with van der Waals surface area (Å²) in [4.78, 5) is 15.0. The highest BCUT2D eigenvalue weighted by Crippen LogP contribution is 2.34. The van der Waals surface area contributed by atoms with Gasteiger partial charge in [-0.1, -0.05) is 32.1 Å². The van der Waals surface area contributed by atoms with Crippen LogP contribution >= 0.6 is 0 Å². The van der Waals surface area contributed by atoms with E-state index in [1.807, 2.05) is 32.9 Å². The van der Waals surface area contributed by atoms with Crippen LogP contribution in [0.5, 0.6) is 0 Å². The molecule has 0 unspecified atom stereocenters. The minimum absolute atomic E-state index is 0.187. The van der Waals surface area contributed by atoms with Crippen molar-refractivity contribution >= 4 is 17.0 Å². The fourth-order valence-electron chi connectivity index (χ4n) is 3.09. The van der Waals surface area contributed by atoms with Crippen molar-refractivity contribution in [3.05, 3.63) is 35.9 Å². The highest BCUT2D eigenvalue weighted by Gasteiger charge is 2.40. The van der Waals surface area contributed by atoms with Gasteiger partial charge in [-0.2, -0.15) is 0 Å². The summed E-state index contributed by atoms with van der Waals surface area (Å²) in [5, 5.41) is 8.42. The number of nitrogens with zero attached hydrogens (tertiary/aromatic N) is 7.